The van der Waals surface area contributed by atoms with E-state index in [1.165, 1.54) is 0 Å². The first kappa shape index (κ1) is 20.7. The van der Waals surface area contributed by atoms with Crippen molar-refractivity contribution in [3.8, 4) is 0 Å². The van der Waals surface area contributed by atoms with Crippen LogP contribution < -0.4 is 0 Å². The largest absolute Gasteiger partial charge is 0.481 e. The van der Waals surface area contributed by atoms with E-state index in [1.54, 1.807) is 0 Å². The van der Waals surface area contributed by atoms with Gasteiger partial charge in [-0.3, -0.25) is 4.79 Å². The summed E-state index contributed by atoms with van der Waals surface area (Å²) in [6, 6.07) is 0. The molecule has 0 saturated heterocycles. The van der Waals surface area contributed by atoms with Crippen molar-refractivity contribution < 1.29 is 20.0 Å². The second-order valence-corrected chi connectivity index (χ2v) is 5.63. The minimum atomic E-state index is -0.697. The zero-order chi connectivity index (χ0) is 16.5. The first-order valence-electron chi connectivity index (χ1n) is 8.58. The van der Waals surface area contributed by atoms with Gasteiger partial charge in [0.15, 0.2) is 0 Å². The third-order valence-corrected chi connectivity index (χ3v) is 3.55. The molecule has 0 aliphatic heterocycles. The van der Waals surface area contributed by atoms with E-state index in [2.05, 4.69) is 24.0 Å². The summed E-state index contributed by atoms with van der Waals surface area (Å²) in [6.45, 7) is 2.15. The molecule has 0 aromatic rings. The Hall–Kier alpha value is -1.29. The second kappa shape index (κ2) is 16.1. The monoisotopic (exact) mass is 312 g/mol. The molecule has 0 spiro atoms. The van der Waals surface area contributed by atoms with Crippen molar-refractivity contribution in [2.45, 2.75) is 84.0 Å². The van der Waals surface area contributed by atoms with Crippen LogP contribution >= 0.6 is 0 Å². The van der Waals surface area contributed by atoms with Gasteiger partial charge in [0, 0.05) is 12.8 Å². The van der Waals surface area contributed by atoms with Crippen LogP contribution in [0.25, 0.3) is 0 Å². The first-order valence-corrected chi connectivity index (χ1v) is 8.58. The Kier molecular flexibility index (Phi) is 15.1. The van der Waals surface area contributed by atoms with Crippen molar-refractivity contribution in [3.05, 3.63) is 24.0 Å². The fourth-order valence-electron chi connectivity index (χ4n) is 2.22. The minimum absolute atomic E-state index is 0.291. The van der Waals surface area contributed by atoms with Crippen LogP contribution in [0.1, 0.15) is 84.0 Å². The first-order chi connectivity index (χ1) is 10.7. The number of rotatable bonds is 15. The molecule has 4 nitrogen and oxygen atoms in total. The smallest absolute Gasteiger partial charge is 0.303 e. The third kappa shape index (κ3) is 15.1. The standard InChI is InChI=1S/C18H32O4/c1-2-3-11-14-17(22-21)15-12-9-7-5-4-6-8-10-13-16-18(19)20/h7,9,15,21H,2-6,8,10-14,16H2,1H3,(H,19,20)/b9-7+,17-15-. The number of hydrogen-bond acceptors (Lipinski definition) is 3. The number of hydrogen-bond donors (Lipinski definition) is 2. The predicted octanol–water partition coefficient (Wildman–Crippen LogP) is 5.70. The average Bonchev–Trinajstić information content (AvgIpc) is 2.50. The molecule has 0 heterocycles. The summed E-state index contributed by atoms with van der Waals surface area (Å²) < 4.78 is 0. The molecule has 0 radical (unpaired) electrons. The Morgan fingerprint density at radius 2 is 1.64 bits per heavy atom. The van der Waals surface area contributed by atoms with Crippen LogP contribution in [-0.2, 0) is 9.68 Å². The Morgan fingerprint density at radius 3 is 2.32 bits per heavy atom. The number of unbranched alkanes of at least 4 members (excludes halogenated alkanes) is 7. The molecule has 0 aliphatic rings. The highest BCUT2D eigenvalue weighted by Crippen LogP contribution is 2.11. The maximum atomic E-state index is 10.3. The van der Waals surface area contributed by atoms with Gasteiger partial charge in [-0.05, 0) is 38.2 Å². The minimum Gasteiger partial charge on any atom is -0.481 e. The molecule has 2 N–H and O–H groups in total. The van der Waals surface area contributed by atoms with Gasteiger partial charge in [-0.2, -0.15) is 0 Å². The molecule has 0 amide bonds. The van der Waals surface area contributed by atoms with E-state index in [0.29, 0.717) is 12.2 Å². The molecule has 4 heteroatoms. The van der Waals surface area contributed by atoms with Crippen molar-refractivity contribution in [1.82, 2.24) is 0 Å². The normalized spacial score (nSPS) is 12.0. The van der Waals surface area contributed by atoms with Gasteiger partial charge in [0.05, 0.1) is 0 Å². The average molecular weight is 312 g/mol. The van der Waals surface area contributed by atoms with Gasteiger partial charge in [-0.15, -0.1) is 0 Å². The van der Waals surface area contributed by atoms with Crippen molar-refractivity contribution in [2.75, 3.05) is 0 Å². The lowest BCUT2D eigenvalue weighted by molar-refractivity contribution is -0.206. The fraction of sp³-hybridized carbons (Fsp3) is 0.722. The summed E-state index contributed by atoms with van der Waals surface area (Å²) in [5.41, 5.74) is 0. The predicted molar refractivity (Wildman–Crippen MR) is 89.7 cm³/mol. The highest BCUT2D eigenvalue weighted by Gasteiger charge is 1.97. The molecule has 0 atom stereocenters. The molecule has 22 heavy (non-hydrogen) atoms. The second-order valence-electron chi connectivity index (χ2n) is 5.63. The summed E-state index contributed by atoms with van der Waals surface area (Å²) in [5.74, 6) is -0.0339. The zero-order valence-corrected chi connectivity index (χ0v) is 13.9. The van der Waals surface area contributed by atoms with E-state index >= 15 is 0 Å². The molecule has 0 aromatic heterocycles. The molecule has 0 rings (SSSR count). The number of carboxylic acid groups (broad SMARTS) is 1. The number of aliphatic carboxylic acids is 1. The Bertz CT molecular complexity index is 321. The third-order valence-electron chi connectivity index (χ3n) is 3.55. The SMILES string of the molecule is CCCCC/C(=C/C/C=C/CCCCCCCC(=O)O)OO. The van der Waals surface area contributed by atoms with Crippen LogP contribution in [0.5, 0.6) is 0 Å². The van der Waals surface area contributed by atoms with Crippen LogP contribution in [-0.4, -0.2) is 16.3 Å². The lowest BCUT2D eigenvalue weighted by Crippen LogP contribution is -1.93. The van der Waals surface area contributed by atoms with Crippen LogP contribution in [0.15, 0.2) is 24.0 Å². The molecular formula is C18H32O4. The van der Waals surface area contributed by atoms with Crippen LogP contribution in [0.3, 0.4) is 0 Å². The maximum Gasteiger partial charge on any atom is 0.303 e. The Morgan fingerprint density at radius 1 is 0.955 bits per heavy atom. The van der Waals surface area contributed by atoms with Crippen molar-refractivity contribution in [3.63, 3.8) is 0 Å². The van der Waals surface area contributed by atoms with Gasteiger partial charge in [0.2, 0.25) is 0 Å². The van der Waals surface area contributed by atoms with Crippen molar-refractivity contribution >= 4 is 5.97 Å². The molecule has 0 bridgehead atoms. The number of carbonyl (C=O) groups is 1. The van der Waals surface area contributed by atoms with Crippen molar-refractivity contribution in [1.29, 1.82) is 0 Å². The molecule has 0 aliphatic carbocycles. The molecule has 0 saturated carbocycles. The Balaban J connectivity index is 3.50. The Labute approximate surface area is 134 Å². The van der Waals surface area contributed by atoms with Gasteiger partial charge in [0.25, 0.3) is 0 Å². The van der Waals surface area contributed by atoms with Gasteiger partial charge >= 0.3 is 5.97 Å². The summed E-state index contributed by atoms with van der Waals surface area (Å²) in [5, 5.41) is 17.3. The maximum absolute atomic E-state index is 10.3. The zero-order valence-electron chi connectivity index (χ0n) is 13.9. The van der Waals surface area contributed by atoms with Gasteiger partial charge in [0.1, 0.15) is 5.76 Å². The summed E-state index contributed by atoms with van der Waals surface area (Å²) in [7, 11) is 0. The highest BCUT2D eigenvalue weighted by molar-refractivity contribution is 5.66. The van der Waals surface area contributed by atoms with Crippen LogP contribution in [0.2, 0.25) is 0 Å². The summed E-state index contributed by atoms with van der Waals surface area (Å²) in [4.78, 5) is 14.7. The van der Waals surface area contributed by atoms with Crippen LogP contribution in [0.4, 0.5) is 0 Å². The van der Waals surface area contributed by atoms with Crippen LogP contribution in [0, 0.1) is 0 Å². The molecular weight excluding hydrogens is 280 g/mol. The van der Waals surface area contributed by atoms with E-state index in [1.807, 2.05) is 6.08 Å². The lowest BCUT2D eigenvalue weighted by Gasteiger charge is -2.02. The van der Waals surface area contributed by atoms with Gasteiger partial charge < -0.3 is 9.99 Å². The number of carboxylic acids is 1. The van der Waals surface area contributed by atoms with Gasteiger partial charge in [-0.25, -0.2) is 5.26 Å². The summed E-state index contributed by atoms with van der Waals surface area (Å²) in [6.07, 6.45) is 17.7. The fourth-order valence-corrected chi connectivity index (χ4v) is 2.22. The quantitative estimate of drug-likeness (QED) is 0.134. The highest BCUT2D eigenvalue weighted by atomic mass is 17.1. The van der Waals surface area contributed by atoms with E-state index in [-0.39, 0.29) is 0 Å². The van der Waals surface area contributed by atoms with E-state index in [0.717, 1.165) is 70.6 Å². The molecule has 0 unspecified atom stereocenters. The topological polar surface area (TPSA) is 66.8 Å². The summed E-state index contributed by atoms with van der Waals surface area (Å²) >= 11 is 0. The number of allylic oxidation sites excluding steroid dienone is 4. The molecule has 128 valence electrons. The van der Waals surface area contributed by atoms with E-state index in [9.17, 15) is 4.79 Å². The lowest BCUT2D eigenvalue weighted by atomic mass is 10.1. The van der Waals surface area contributed by atoms with E-state index < -0.39 is 5.97 Å². The van der Waals surface area contributed by atoms with Gasteiger partial charge in [-0.1, -0.05) is 51.2 Å². The molecule has 0 fully saturated rings. The van der Waals surface area contributed by atoms with Crippen molar-refractivity contribution in [2.24, 2.45) is 0 Å². The van der Waals surface area contributed by atoms with E-state index in [4.69, 9.17) is 10.4 Å². The molecule has 0 aromatic carbocycles.